The lowest BCUT2D eigenvalue weighted by atomic mass is 10.1. The predicted molar refractivity (Wildman–Crippen MR) is 137 cm³/mol. The van der Waals surface area contributed by atoms with Gasteiger partial charge in [-0.3, -0.25) is 14.1 Å². The number of halogens is 2. The zero-order chi connectivity index (χ0) is 24.8. The summed E-state index contributed by atoms with van der Waals surface area (Å²) in [6.45, 7) is 2.22. The lowest BCUT2D eigenvalue weighted by Crippen LogP contribution is -2.55. The number of methoxy groups -OCH3 is 1. The highest BCUT2D eigenvalue weighted by molar-refractivity contribution is 6.33. The van der Waals surface area contributed by atoms with Crippen molar-refractivity contribution in [1.82, 2.24) is 29.2 Å². The molecular weight excluding hydrogens is 499 g/mol. The molecule has 0 aliphatic carbocycles. The van der Waals surface area contributed by atoms with Crippen LogP contribution in [0.2, 0.25) is 10.0 Å². The number of carbonyl (C=O) groups excluding carboxylic acids is 1. The number of rotatable bonds is 5. The maximum absolute atomic E-state index is 13.5. The van der Waals surface area contributed by atoms with Crippen molar-refractivity contribution < 1.29 is 9.53 Å². The second-order valence-electron chi connectivity index (χ2n) is 9.18. The average molecular weight is 523 g/mol. The largest absolute Gasteiger partial charge is 0.481 e. The SMILES string of the molecule is COc1ccc(Cl)c(C(=O)N2C3CCC2CN(Cc2c(-c4ccc(Cl)cc4)nc4ncccn24)C3)n1. The van der Waals surface area contributed by atoms with Gasteiger partial charge in [0.25, 0.3) is 5.91 Å². The van der Waals surface area contributed by atoms with Crippen molar-refractivity contribution >= 4 is 34.9 Å². The molecule has 2 aliphatic rings. The van der Waals surface area contributed by atoms with Crippen LogP contribution in [0.15, 0.2) is 54.9 Å². The summed E-state index contributed by atoms with van der Waals surface area (Å²) in [7, 11) is 1.53. The van der Waals surface area contributed by atoms with Gasteiger partial charge in [0.15, 0.2) is 5.69 Å². The van der Waals surface area contributed by atoms with Crippen LogP contribution in [0.3, 0.4) is 0 Å². The Morgan fingerprint density at radius 1 is 1.06 bits per heavy atom. The number of nitrogens with zero attached hydrogens (tertiary/aromatic N) is 6. The molecule has 2 bridgehead atoms. The number of ether oxygens (including phenoxy) is 1. The number of likely N-dealkylation sites (tertiary alicyclic amines) is 1. The zero-order valence-electron chi connectivity index (χ0n) is 19.6. The Morgan fingerprint density at radius 3 is 2.53 bits per heavy atom. The Bertz CT molecular complexity index is 1430. The molecule has 5 heterocycles. The van der Waals surface area contributed by atoms with E-state index in [1.165, 1.54) is 7.11 Å². The van der Waals surface area contributed by atoms with E-state index < -0.39 is 0 Å². The maximum Gasteiger partial charge on any atom is 0.274 e. The van der Waals surface area contributed by atoms with Crippen LogP contribution in [-0.4, -0.2) is 67.3 Å². The summed E-state index contributed by atoms with van der Waals surface area (Å²) in [5.74, 6) is 0.907. The fourth-order valence-electron chi connectivity index (χ4n) is 5.40. The van der Waals surface area contributed by atoms with Crippen LogP contribution in [0, 0.1) is 0 Å². The van der Waals surface area contributed by atoms with Crippen LogP contribution in [0.5, 0.6) is 5.88 Å². The van der Waals surface area contributed by atoms with Crippen LogP contribution in [0.1, 0.15) is 29.0 Å². The molecule has 0 N–H and O–H groups in total. The van der Waals surface area contributed by atoms with Gasteiger partial charge in [-0.05, 0) is 37.1 Å². The fraction of sp³-hybridized carbons (Fsp3) is 0.308. The molecule has 2 fully saturated rings. The molecule has 0 saturated carbocycles. The van der Waals surface area contributed by atoms with E-state index in [9.17, 15) is 4.79 Å². The Kier molecular flexibility index (Phi) is 6.03. The molecule has 0 radical (unpaired) electrons. The minimum atomic E-state index is -0.132. The quantitative estimate of drug-likeness (QED) is 0.381. The van der Waals surface area contributed by atoms with E-state index in [1.807, 2.05) is 45.8 Å². The second kappa shape index (κ2) is 9.35. The van der Waals surface area contributed by atoms with Crippen molar-refractivity contribution in [3.63, 3.8) is 0 Å². The molecule has 2 unspecified atom stereocenters. The summed E-state index contributed by atoms with van der Waals surface area (Å²) >= 11 is 12.5. The lowest BCUT2D eigenvalue weighted by Gasteiger charge is -2.41. The van der Waals surface area contributed by atoms with Crippen molar-refractivity contribution in [2.45, 2.75) is 31.5 Å². The monoisotopic (exact) mass is 522 g/mol. The zero-order valence-corrected chi connectivity index (χ0v) is 21.2. The van der Waals surface area contributed by atoms with E-state index in [1.54, 1.807) is 18.3 Å². The van der Waals surface area contributed by atoms with Gasteiger partial charge in [0, 0.05) is 60.8 Å². The molecule has 184 valence electrons. The molecule has 6 rings (SSSR count). The van der Waals surface area contributed by atoms with E-state index in [2.05, 4.69) is 14.9 Å². The third kappa shape index (κ3) is 4.09. The number of pyridine rings is 1. The predicted octanol–water partition coefficient (Wildman–Crippen LogP) is 4.60. The lowest BCUT2D eigenvalue weighted by molar-refractivity contribution is 0.0396. The van der Waals surface area contributed by atoms with Gasteiger partial charge in [-0.15, -0.1) is 0 Å². The first-order valence-electron chi connectivity index (χ1n) is 11.9. The Hall–Kier alpha value is -3.20. The number of carbonyl (C=O) groups is 1. The molecule has 10 heteroatoms. The van der Waals surface area contributed by atoms with Crippen molar-refractivity contribution in [1.29, 1.82) is 0 Å². The van der Waals surface area contributed by atoms with E-state index in [0.29, 0.717) is 28.2 Å². The average Bonchev–Trinajstić information content (AvgIpc) is 3.38. The number of imidazole rings is 1. The summed E-state index contributed by atoms with van der Waals surface area (Å²) in [6.07, 6.45) is 5.65. The van der Waals surface area contributed by atoms with Crippen LogP contribution >= 0.6 is 23.2 Å². The van der Waals surface area contributed by atoms with E-state index >= 15 is 0 Å². The molecule has 36 heavy (non-hydrogen) atoms. The number of aromatic nitrogens is 4. The van der Waals surface area contributed by atoms with Crippen molar-refractivity contribution in [3.05, 3.63) is 76.3 Å². The number of benzene rings is 1. The van der Waals surface area contributed by atoms with Crippen molar-refractivity contribution in [3.8, 4) is 17.1 Å². The van der Waals surface area contributed by atoms with Crippen LogP contribution in [0.4, 0.5) is 0 Å². The maximum atomic E-state index is 13.5. The summed E-state index contributed by atoms with van der Waals surface area (Å²) in [4.78, 5) is 31.5. The van der Waals surface area contributed by atoms with Crippen molar-refractivity contribution in [2.75, 3.05) is 20.2 Å². The third-order valence-electron chi connectivity index (χ3n) is 7.02. The van der Waals surface area contributed by atoms with Gasteiger partial charge in [-0.1, -0.05) is 35.3 Å². The molecule has 3 aromatic heterocycles. The van der Waals surface area contributed by atoms with Gasteiger partial charge in [0.2, 0.25) is 11.7 Å². The topological polar surface area (TPSA) is 75.9 Å². The number of hydrogen-bond donors (Lipinski definition) is 0. The standard InChI is InChI=1S/C26H24Cl2N6O2/c1-36-22-10-9-20(28)24(30-22)25(35)34-18-7-8-19(34)14-32(13-18)15-21-23(16-3-5-17(27)6-4-16)31-26-29-11-2-12-33(21)26/h2-6,9-12,18-19H,7-8,13-15H2,1H3. The summed E-state index contributed by atoms with van der Waals surface area (Å²) in [6, 6.07) is 13.1. The van der Waals surface area contributed by atoms with E-state index in [-0.39, 0.29) is 23.7 Å². The summed E-state index contributed by atoms with van der Waals surface area (Å²) in [5.41, 5.74) is 3.20. The first kappa shape index (κ1) is 23.2. The third-order valence-corrected chi connectivity index (χ3v) is 7.58. The number of hydrogen-bond acceptors (Lipinski definition) is 6. The van der Waals surface area contributed by atoms with Gasteiger partial charge in [-0.25, -0.2) is 15.0 Å². The van der Waals surface area contributed by atoms with Crippen LogP contribution in [-0.2, 0) is 6.54 Å². The normalized spacial score (nSPS) is 19.7. The second-order valence-corrected chi connectivity index (χ2v) is 10.0. The van der Waals surface area contributed by atoms with Gasteiger partial charge in [0.1, 0.15) is 0 Å². The highest BCUT2D eigenvalue weighted by atomic mass is 35.5. The van der Waals surface area contributed by atoms with E-state index in [0.717, 1.165) is 42.9 Å². The molecule has 1 aromatic carbocycles. The molecule has 1 amide bonds. The Labute approximate surface area is 218 Å². The Balaban J connectivity index is 1.27. The molecule has 2 saturated heterocycles. The molecule has 4 aromatic rings. The minimum Gasteiger partial charge on any atom is -0.481 e. The van der Waals surface area contributed by atoms with Crippen molar-refractivity contribution in [2.24, 2.45) is 0 Å². The molecule has 2 atom stereocenters. The molecule has 2 aliphatic heterocycles. The fourth-order valence-corrected chi connectivity index (χ4v) is 5.71. The van der Waals surface area contributed by atoms with Gasteiger partial charge in [-0.2, -0.15) is 0 Å². The highest BCUT2D eigenvalue weighted by Crippen LogP contribution is 2.35. The van der Waals surface area contributed by atoms with Crippen LogP contribution < -0.4 is 4.74 Å². The number of fused-ring (bicyclic) bond motifs is 3. The summed E-state index contributed by atoms with van der Waals surface area (Å²) < 4.78 is 7.26. The van der Waals surface area contributed by atoms with Gasteiger partial charge < -0.3 is 9.64 Å². The smallest absolute Gasteiger partial charge is 0.274 e. The van der Waals surface area contributed by atoms with Gasteiger partial charge in [0.05, 0.1) is 23.5 Å². The van der Waals surface area contributed by atoms with Crippen LogP contribution in [0.25, 0.3) is 17.0 Å². The van der Waals surface area contributed by atoms with Gasteiger partial charge >= 0.3 is 0 Å². The molecular formula is C26H24Cl2N6O2. The first-order chi connectivity index (χ1) is 17.5. The Morgan fingerprint density at radius 2 is 1.81 bits per heavy atom. The van der Waals surface area contributed by atoms with E-state index in [4.69, 9.17) is 32.9 Å². The minimum absolute atomic E-state index is 0.0941. The molecule has 8 nitrogen and oxygen atoms in total. The molecule has 0 spiro atoms. The first-order valence-corrected chi connectivity index (χ1v) is 12.6. The summed E-state index contributed by atoms with van der Waals surface area (Å²) in [5, 5.41) is 1.03. The highest BCUT2D eigenvalue weighted by Gasteiger charge is 2.44. The number of piperazine rings is 1. The number of amides is 1.